The third kappa shape index (κ3) is 5.16. The first-order valence-corrected chi connectivity index (χ1v) is 12.2. The number of nitrogens with one attached hydrogen (secondary N) is 1. The second kappa shape index (κ2) is 7.71. The molecule has 1 N–H and O–H groups in total. The lowest BCUT2D eigenvalue weighted by Crippen LogP contribution is -2.45. The molecular weight excluding hydrogens is 362 g/mol. The molecule has 1 aliphatic rings. The minimum atomic E-state index is -1.82. The van der Waals surface area contributed by atoms with Crippen molar-refractivity contribution in [2.75, 3.05) is 25.6 Å². The molecule has 1 heterocycles. The standard InChI is InChI=1S/C20H33NO5Si/c1-19(2,3)27(7,8)25-13-15-12-24-17-11-14(9-10-16(17)26-15)21-20(4,5)18(22)23-6/h9-11,15,21H,12-13H2,1-8H3. The monoisotopic (exact) mass is 395 g/mol. The van der Waals surface area contributed by atoms with Crippen LogP contribution in [-0.4, -0.2) is 46.3 Å². The van der Waals surface area contributed by atoms with Crippen molar-refractivity contribution in [3.63, 3.8) is 0 Å². The summed E-state index contributed by atoms with van der Waals surface area (Å²) in [5.41, 5.74) is -0.0679. The molecule has 7 heteroatoms. The predicted octanol–water partition coefficient (Wildman–Crippen LogP) is 4.21. The summed E-state index contributed by atoms with van der Waals surface area (Å²) in [5, 5.41) is 3.32. The Balaban J connectivity index is 2.01. The summed E-state index contributed by atoms with van der Waals surface area (Å²) in [5.74, 6) is 1.01. The van der Waals surface area contributed by atoms with Crippen LogP contribution in [0.4, 0.5) is 5.69 Å². The van der Waals surface area contributed by atoms with Crippen LogP contribution in [0.25, 0.3) is 0 Å². The van der Waals surface area contributed by atoms with E-state index in [1.807, 2.05) is 18.2 Å². The number of hydrogen-bond donors (Lipinski definition) is 1. The number of carbonyl (C=O) groups is 1. The van der Waals surface area contributed by atoms with Crippen molar-refractivity contribution >= 4 is 20.0 Å². The number of fused-ring (bicyclic) bond motifs is 1. The van der Waals surface area contributed by atoms with E-state index >= 15 is 0 Å². The van der Waals surface area contributed by atoms with Crippen molar-refractivity contribution in [1.82, 2.24) is 0 Å². The molecule has 0 saturated heterocycles. The first kappa shape index (κ1) is 21.6. The van der Waals surface area contributed by atoms with E-state index in [0.717, 1.165) is 5.69 Å². The maximum Gasteiger partial charge on any atom is 0.330 e. The quantitative estimate of drug-likeness (QED) is 0.575. The summed E-state index contributed by atoms with van der Waals surface area (Å²) >= 11 is 0. The van der Waals surface area contributed by atoms with Crippen LogP contribution >= 0.6 is 0 Å². The van der Waals surface area contributed by atoms with Gasteiger partial charge in [-0.2, -0.15) is 0 Å². The van der Waals surface area contributed by atoms with Gasteiger partial charge in [-0.05, 0) is 44.1 Å². The predicted molar refractivity (Wildman–Crippen MR) is 109 cm³/mol. The molecule has 1 aromatic rings. The minimum Gasteiger partial charge on any atom is -0.486 e. The van der Waals surface area contributed by atoms with E-state index in [0.29, 0.717) is 24.7 Å². The Morgan fingerprint density at radius 1 is 1.22 bits per heavy atom. The third-order valence-electron chi connectivity index (χ3n) is 5.25. The number of hydrogen-bond acceptors (Lipinski definition) is 6. The second-order valence-corrected chi connectivity index (χ2v) is 13.8. The first-order chi connectivity index (χ1) is 12.4. The van der Waals surface area contributed by atoms with Crippen LogP contribution in [0, 0.1) is 0 Å². The van der Waals surface area contributed by atoms with Gasteiger partial charge in [-0.1, -0.05) is 20.8 Å². The molecule has 1 atom stereocenters. The van der Waals surface area contributed by atoms with E-state index in [1.165, 1.54) is 7.11 Å². The topological polar surface area (TPSA) is 66.0 Å². The fourth-order valence-electron chi connectivity index (χ4n) is 2.46. The molecule has 0 aromatic heterocycles. The van der Waals surface area contributed by atoms with Gasteiger partial charge in [0.1, 0.15) is 12.1 Å². The van der Waals surface area contributed by atoms with E-state index in [-0.39, 0.29) is 17.1 Å². The fourth-order valence-corrected chi connectivity index (χ4v) is 3.49. The van der Waals surface area contributed by atoms with Gasteiger partial charge in [-0.3, -0.25) is 0 Å². The summed E-state index contributed by atoms with van der Waals surface area (Å²) in [4.78, 5) is 11.8. The molecule has 2 rings (SSSR count). The van der Waals surface area contributed by atoms with Gasteiger partial charge >= 0.3 is 5.97 Å². The van der Waals surface area contributed by atoms with Gasteiger partial charge in [0.05, 0.1) is 13.7 Å². The summed E-state index contributed by atoms with van der Waals surface area (Å²) < 4.78 is 23.0. The lowest BCUT2D eigenvalue weighted by molar-refractivity contribution is -0.144. The van der Waals surface area contributed by atoms with Crippen molar-refractivity contribution in [3.8, 4) is 11.5 Å². The van der Waals surface area contributed by atoms with Crippen LogP contribution in [0.5, 0.6) is 11.5 Å². The van der Waals surface area contributed by atoms with Crippen LogP contribution in [0.15, 0.2) is 18.2 Å². The molecule has 1 aliphatic heterocycles. The van der Waals surface area contributed by atoms with Crippen molar-refractivity contribution in [3.05, 3.63) is 18.2 Å². The second-order valence-electron chi connectivity index (χ2n) is 9.03. The largest absolute Gasteiger partial charge is 0.486 e. The van der Waals surface area contributed by atoms with Crippen LogP contribution in [0.2, 0.25) is 18.1 Å². The Hall–Kier alpha value is -1.73. The number of rotatable bonds is 6. The van der Waals surface area contributed by atoms with E-state index < -0.39 is 13.9 Å². The molecule has 0 radical (unpaired) electrons. The van der Waals surface area contributed by atoms with E-state index in [9.17, 15) is 4.79 Å². The highest BCUT2D eigenvalue weighted by Crippen LogP contribution is 2.38. The van der Waals surface area contributed by atoms with Gasteiger partial charge in [0.2, 0.25) is 0 Å². The molecule has 0 fully saturated rings. The number of esters is 1. The van der Waals surface area contributed by atoms with Gasteiger partial charge in [0.15, 0.2) is 25.9 Å². The molecule has 0 amide bonds. The summed E-state index contributed by atoms with van der Waals surface area (Å²) in [6.07, 6.45) is -0.128. The first-order valence-electron chi connectivity index (χ1n) is 9.30. The maximum absolute atomic E-state index is 11.8. The lowest BCUT2D eigenvalue weighted by atomic mass is 10.1. The maximum atomic E-state index is 11.8. The third-order valence-corrected chi connectivity index (χ3v) is 9.75. The number of anilines is 1. The summed E-state index contributed by atoms with van der Waals surface area (Å²) in [6.45, 7) is 15.6. The van der Waals surface area contributed by atoms with Crippen molar-refractivity contribution in [1.29, 1.82) is 0 Å². The van der Waals surface area contributed by atoms with E-state index in [1.54, 1.807) is 13.8 Å². The van der Waals surface area contributed by atoms with Crippen LogP contribution < -0.4 is 14.8 Å². The van der Waals surface area contributed by atoms with Crippen LogP contribution in [0.1, 0.15) is 34.6 Å². The summed E-state index contributed by atoms with van der Waals surface area (Å²) in [6, 6.07) is 5.55. The molecular formula is C20H33NO5Si. The van der Waals surface area contributed by atoms with Gasteiger partial charge in [-0.15, -0.1) is 0 Å². The molecule has 0 saturated carbocycles. The van der Waals surface area contributed by atoms with Gasteiger partial charge in [0.25, 0.3) is 0 Å². The highest BCUT2D eigenvalue weighted by molar-refractivity contribution is 6.74. The zero-order valence-electron chi connectivity index (χ0n) is 17.8. The van der Waals surface area contributed by atoms with Gasteiger partial charge in [-0.25, -0.2) is 4.79 Å². The molecule has 6 nitrogen and oxygen atoms in total. The molecule has 1 unspecified atom stereocenters. The smallest absolute Gasteiger partial charge is 0.330 e. The van der Waals surface area contributed by atoms with Crippen molar-refractivity contribution in [2.45, 2.75) is 64.4 Å². The van der Waals surface area contributed by atoms with Gasteiger partial charge < -0.3 is 24.0 Å². The van der Waals surface area contributed by atoms with Crippen LogP contribution in [-0.2, 0) is 14.0 Å². The Bertz CT molecular complexity index is 681. The number of benzene rings is 1. The number of ether oxygens (including phenoxy) is 3. The molecule has 0 bridgehead atoms. The molecule has 0 aliphatic carbocycles. The molecule has 27 heavy (non-hydrogen) atoms. The minimum absolute atomic E-state index is 0.128. The van der Waals surface area contributed by atoms with E-state index in [2.05, 4.69) is 39.2 Å². The molecule has 0 spiro atoms. The number of methoxy groups -OCH3 is 1. The average molecular weight is 396 g/mol. The number of carbonyl (C=O) groups excluding carboxylic acids is 1. The SMILES string of the molecule is COC(=O)C(C)(C)Nc1ccc2c(c1)OCC(CO[Si](C)(C)C(C)(C)C)O2. The Morgan fingerprint density at radius 3 is 2.48 bits per heavy atom. The highest BCUT2D eigenvalue weighted by atomic mass is 28.4. The zero-order chi connectivity index (χ0) is 20.5. The van der Waals surface area contributed by atoms with Crippen LogP contribution in [0.3, 0.4) is 0 Å². The Labute approximate surface area is 163 Å². The van der Waals surface area contributed by atoms with Crippen molar-refractivity contribution < 1.29 is 23.4 Å². The van der Waals surface area contributed by atoms with E-state index in [4.69, 9.17) is 18.6 Å². The Kier molecular flexibility index (Phi) is 6.16. The summed E-state index contributed by atoms with van der Waals surface area (Å²) in [7, 11) is -0.443. The molecule has 1 aromatic carbocycles. The van der Waals surface area contributed by atoms with Gasteiger partial charge in [0, 0.05) is 11.8 Å². The lowest BCUT2D eigenvalue weighted by Gasteiger charge is -2.38. The Morgan fingerprint density at radius 2 is 1.89 bits per heavy atom. The molecule has 152 valence electrons. The highest BCUT2D eigenvalue weighted by Gasteiger charge is 2.38. The average Bonchev–Trinajstić information content (AvgIpc) is 2.57. The zero-order valence-corrected chi connectivity index (χ0v) is 18.8. The fraction of sp³-hybridized carbons (Fsp3) is 0.650. The van der Waals surface area contributed by atoms with Crippen molar-refractivity contribution in [2.24, 2.45) is 0 Å². The normalized spacial score (nSPS) is 17.4.